The minimum Gasteiger partial charge on any atom is -0.392 e. The van der Waals surface area contributed by atoms with Gasteiger partial charge in [-0.25, -0.2) is 8.78 Å². The molecule has 0 radical (unpaired) electrons. The first-order valence-electron chi connectivity index (χ1n) is 4.65. The SMILES string of the molecule is CCC1C[C@H]2ON=C(C)[C@H]2C1(F)F. The molecule has 0 bridgehead atoms. The van der Waals surface area contributed by atoms with Crippen molar-refractivity contribution in [2.45, 2.75) is 38.7 Å². The Morgan fingerprint density at radius 2 is 2.31 bits per heavy atom. The molecule has 0 spiro atoms. The van der Waals surface area contributed by atoms with Crippen molar-refractivity contribution in [2.24, 2.45) is 17.0 Å². The van der Waals surface area contributed by atoms with Gasteiger partial charge in [0, 0.05) is 5.92 Å². The molecule has 2 rings (SSSR count). The first kappa shape index (κ1) is 8.91. The molecule has 0 aromatic heterocycles. The van der Waals surface area contributed by atoms with E-state index in [4.69, 9.17) is 4.84 Å². The predicted octanol–water partition coefficient (Wildman–Crippen LogP) is 2.44. The van der Waals surface area contributed by atoms with Crippen molar-refractivity contribution in [3.05, 3.63) is 0 Å². The van der Waals surface area contributed by atoms with Crippen LogP contribution in [0.4, 0.5) is 8.78 Å². The monoisotopic (exact) mass is 189 g/mol. The number of hydrogen-bond donors (Lipinski definition) is 0. The standard InChI is InChI=1S/C9H13F2NO/c1-3-6-4-7-8(9(6,10)11)5(2)12-13-7/h6-8H,3-4H2,1-2H3/t6?,7-,8-/m1/s1. The highest BCUT2D eigenvalue weighted by Gasteiger charge is 2.60. The molecule has 3 atom stereocenters. The topological polar surface area (TPSA) is 21.6 Å². The molecule has 0 saturated heterocycles. The van der Waals surface area contributed by atoms with Gasteiger partial charge in [0.05, 0.1) is 5.71 Å². The molecule has 1 heterocycles. The summed E-state index contributed by atoms with van der Waals surface area (Å²) < 4.78 is 27.3. The second-order valence-electron chi connectivity index (χ2n) is 3.87. The third-order valence-electron chi connectivity index (χ3n) is 3.12. The van der Waals surface area contributed by atoms with Gasteiger partial charge >= 0.3 is 0 Å². The summed E-state index contributed by atoms with van der Waals surface area (Å²) in [4.78, 5) is 4.96. The van der Waals surface area contributed by atoms with Gasteiger partial charge < -0.3 is 4.84 Å². The van der Waals surface area contributed by atoms with E-state index in [1.807, 2.05) is 0 Å². The van der Waals surface area contributed by atoms with Crippen LogP contribution >= 0.6 is 0 Å². The molecule has 0 amide bonds. The van der Waals surface area contributed by atoms with Crippen LogP contribution in [0, 0.1) is 11.8 Å². The molecule has 74 valence electrons. The molecule has 1 unspecified atom stereocenters. The van der Waals surface area contributed by atoms with E-state index in [1.54, 1.807) is 13.8 Å². The lowest BCUT2D eigenvalue weighted by Crippen LogP contribution is -2.34. The van der Waals surface area contributed by atoms with Crippen LogP contribution in [-0.2, 0) is 4.84 Å². The number of nitrogens with zero attached hydrogens (tertiary/aromatic N) is 1. The van der Waals surface area contributed by atoms with Gasteiger partial charge in [0.1, 0.15) is 12.0 Å². The summed E-state index contributed by atoms with van der Waals surface area (Å²) in [5, 5.41) is 3.62. The van der Waals surface area contributed by atoms with Crippen LogP contribution in [0.3, 0.4) is 0 Å². The molecule has 0 aromatic rings. The molecule has 1 fully saturated rings. The van der Waals surface area contributed by atoms with Gasteiger partial charge in [-0.1, -0.05) is 12.1 Å². The van der Waals surface area contributed by atoms with E-state index >= 15 is 0 Å². The summed E-state index contributed by atoms with van der Waals surface area (Å²) in [6, 6.07) is 0. The van der Waals surface area contributed by atoms with Crippen LogP contribution in [0.15, 0.2) is 5.16 Å². The highest BCUT2D eigenvalue weighted by Crippen LogP contribution is 2.50. The van der Waals surface area contributed by atoms with Gasteiger partial charge in [-0.15, -0.1) is 0 Å². The maximum atomic E-state index is 13.7. The van der Waals surface area contributed by atoms with Gasteiger partial charge in [-0.2, -0.15) is 0 Å². The first-order valence-corrected chi connectivity index (χ1v) is 4.65. The Morgan fingerprint density at radius 1 is 1.62 bits per heavy atom. The molecule has 4 heteroatoms. The van der Waals surface area contributed by atoms with Gasteiger partial charge in [0.15, 0.2) is 0 Å². The Bertz CT molecular complexity index is 252. The third kappa shape index (κ3) is 1.07. The Balaban J connectivity index is 2.27. The fraction of sp³-hybridized carbons (Fsp3) is 0.889. The number of rotatable bonds is 1. The molecule has 0 aromatic carbocycles. The molecular formula is C9H13F2NO. The Morgan fingerprint density at radius 3 is 2.85 bits per heavy atom. The summed E-state index contributed by atoms with van der Waals surface area (Å²) in [6.07, 6.45) is 0.575. The molecule has 1 aliphatic heterocycles. The lowest BCUT2D eigenvalue weighted by molar-refractivity contribution is -0.0645. The number of fused-ring (bicyclic) bond motifs is 1. The number of alkyl halides is 2. The average molecular weight is 189 g/mol. The lowest BCUT2D eigenvalue weighted by Gasteiger charge is -2.21. The van der Waals surface area contributed by atoms with E-state index in [2.05, 4.69) is 5.16 Å². The predicted molar refractivity (Wildman–Crippen MR) is 44.8 cm³/mol. The summed E-state index contributed by atoms with van der Waals surface area (Å²) in [5.74, 6) is -3.92. The van der Waals surface area contributed by atoms with Crippen LogP contribution in [0.2, 0.25) is 0 Å². The van der Waals surface area contributed by atoms with E-state index in [0.717, 1.165) is 0 Å². The quantitative estimate of drug-likeness (QED) is 0.620. The van der Waals surface area contributed by atoms with E-state index in [9.17, 15) is 8.78 Å². The normalized spacial score (nSPS) is 41.2. The maximum Gasteiger partial charge on any atom is 0.262 e. The second kappa shape index (κ2) is 2.66. The van der Waals surface area contributed by atoms with E-state index in [1.165, 1.54) is 0 Å². The zero-order chi connectivity index (χ0) is 9.64. The van der Waals surface area contributed by atoms with Gasteiger partial charge in [0.2, 0.25) is 0 Å². The van der Waals surface area contributed by atoms with Crippen LogP contribution in [0.1, 0.15) is 26.7 Å². The van der Waals surface area contributed by atoms with Crippen molar-refractivity contribution in [3.63, 3.8) is 0 Å². The fourth-order valence-electron chi connectivity index (χ4n) is 2.37. The average Bonchev–Trinajstić information content (AvgIpc) is 2.53. The first-order chi connectivity index (χ1) is 6.07. The van der Waals surface area contributed by atoms with Gasteiger partial charge in [-0.3, -0.25) is 0 Å². The molecule has 2 nitrogen and oxygen atoms in total. The summed E-state index contributed by atoms with van der Waals surface area (Å²) in [5.41, 5.74) is 0.450. The molecule has 1 aliphatic carbocycles. The molecule has 0 N–H and O–H groups in total. The van der Waals surface area contributed by atoms with Crippen LogP contribution < -0.4 is 0 Å². The lowest BCUT2D eigenvalue weighted by atomic mass is 9.94. The van der Waals surface area contributed by atoms with Crippen molar-refractivity contribution >= 4 is 5.71 Å². The number of oxime groups is 1. The second-order valence-corrected chi connectivity index (χ2v) is 3.87. The highest BCUT2D eigenvalue weighted by atomic mass is 19.3. The third-order valence-corrected chi connectivity index (χ3v) is 3.12. The number of hydrogen-bond acceptors (Lipinski definition) is 2. The summed E-state index contributed by atoms with van der Waals surface area (Å²) in [7, 11) is 0. The van der Waals surface area contributed by atoms with Gasteiger partial charge in [-0.05, 0) is 19.8 Å². The Labute approximate surface area is 75.9 Å². The van der Waals surface area contributed by atoms with Gasteiger partial charge in [0.25, 0.3) is 5.92 Å². The van der Waals surface area contributed by atoms with E-state index < -0.39 is 17.8 Å². The maximum absolute atomic E-state index is 13.7. The van der Waals surface area contributed by atoms with Crippen molar-refractivity contribution in [1.29, 1.82) is 0 Å². The Hall–Kier alpha value is -0.670. The van der Waals surface area contributed by atoms with Crippen molar-refractivity contribution in [2.75, 3.05) is 0 Å². The van der Waals surface area contributed by atoms with Crippen molar-refractivity contribution in [1.82, 2.24) is 0 Å². The summed E-state index contributed by atoms with van der Waals surface area (Å²) >= 11 is 0. The minimum atomic E-state index is -2.62. The number of halogens is 2. The Kier molecular flexibility index (Phi) is 1.82. The molecule has 1 saturated carbocycles. The largest absolute Gasteiger partial charge is 0.392 e. The highest BCUT2D eigenvalue weighted by molar-refractivity contribution is 5.86. The fourth-order valence-corrected chi connectivity index (χ4v) is 2.37. The summed E-state index contributed by atoms with van der Waals surface area (Å²) in [6.45, 7) is 3.42. The minimum absolute atomic E-state index is 0.375. The molecular weight excluding hydrogens is 176 g/mol. The molecule has 2 aliphatic rings. The van der Waals surface area contributed by atoms with Crippen LogP contribution in [-0.4, -0.2) is 17.7 Å². The van der Waals surface area contributed by atoms with Crippen LogP contribution in [0.5, 0.6) is 0 Å². The smallest absolute Gasteiger partial charge is 0.262 e. The zero-order valence-corrected chi connectivity index (χ0v) is 7.76. The van der Waals surface area contributed by atoms with Crippen molar-refractivity contribution in [3.8, 4) is 0 Å². The van der Waals surface area contributed by atoms with Crippen LogP contribution in [0.25, 0.3) is 0 Å². The van der Waals surface area contributed by atoms with E-state index in [0.29, 0.717) is 18.6 Å². The molecule has 13 heavy (non-hydrogen) atoms. The zero-order valence-electron chi connectivity index (χ0n) is 7.76. The van der Waals surface area contributed by atoms with E-state index in [-0.39, 0.29) is 6.10 Å². The van der Waals surface area contributed by atoms with Crippen molar-refractivity contribution < 1.29 is 13.6 Å².